The summed E-state index contributed by atoms with van der Waals surface area (Å²) in [5.41, 5.74) is 2.16. The van der Waals surface area contributed by atoms with Crippen molar-refractivity contribution in [1.29, 1.82) is 0 Å². The Morgan fingerprint density at radius 2 is 1.96 bits per heavy atom. The van der Waals surface area contributed by atoms with E-state index in [4.69, 9.17) is 0 Å². The van der Waals surface area contributed by atoms with Crippen molar-refractivity contribution in [3.63, 3.8) is 0 Å². The number of carbonyl (C=O) groups is 1. The van der Waals surface area contributed by atoms with Crippen molar-refractivity contribution in [2.75, 3.05) is 43.4 Å². The van der Waals surface area contributed by atoms with Crippen LogP contribution in [0, 0.1) is 0 Å². The van der Waals surface area contributed by atoms with E-state index in [1.54, 1.807) is 11.3 Å². The second-order valence-electron chi connectivity index (χ2n) is 7.57. The highest BCUT2D eigenvalue weighted by molar-refractivity contribution is 7.15. The van der Waals surface area contributed by atoms with Crippen molar-refractivity contribution >= 4 is 28.3 Å². The first kappa shape index (κ1) is 19.1. The van der Waals surface area contributed by atoms with Gasteiger partial charge in [0.05, 0.1) is 5.69 Å². The molecular weight excluding hydrogens is 372 g/mol. The average Bonchev–Trinajstić information content (AvgIpc) is 2.95. The van der Waals surface area contributed by atoms with Crippen LogP contribution in [0.4, 0.5) is 15.7 Å². The van der Waals surface area contributed by atoms with Crippen LogP contribution in [0.15, 0.2) is 18.3 Å². The van der Waals surface area contributed by atoms with Crippen LogP contribution in [0.25, 0.3) is 0 Å². The Morgan fingerprint density at radius 3 is 2.75 bits per heavy atom. The number of fused-ring (bicyclic) bond motifs is 1. The van der Waals surface area contributed by atoms with Crippen molar-refractivity contribution in [3.05, 3.63) is 34.5 Å². The van der Waals surface area contributed by atoms with Gasteiger partial charge in [0, 0.05) is 43.8 Å². The number of likely N-dealkylation sites (N-methyl/N-ethyl adjacent to an activating group) is 1. The second-order valence-corrected chi connectivity index (χ2v) is 8.66. The number of aromatic nitrogens is 2. The molecule has 1 saturated heterocycles. The maximum absolute atomic E-state index is 12.2. The quantitative estimate of drug-likeness (QED) is 0.772. The Labute approximate surface area is 170 Å². The van der Waals surface area contributed by atoms with Crippen LogP contribution in [0.3, 0.4) is 0 Å². The number of pyridine rings is 1. The highest BCUT2D eigenvalue weighted by atomic mass is 32.1. The number of rotatable bonds is 4. The molecule has 0 radical (unpaired) electrons. The van der Waals surface area contributed by atoms with Gasteiger partial charge in [-0.3, -0.25) is 5.32 Å². The number of hydrogen-bond acceptors (Lipinski definition) is 6. The Morgan fingerprint density at radius 1 is 1.14 bits per heavy atom. The fourth-order valence-corrected chi connectivity index (χ4v) is 4.69. The summed E-state index contributed by atoms with van der Waals surface area (Å²) in [6, 6.07) is 3.86. The lowest BCUT2D eigenvalue weighted by Crippen LogP contribution is -2.44. The molecule has 0 spiro atoms. The third kappa shape index (κ3) is 4.80. The smallest absolute Gasteiger partial charge is 0.321 e. The summed E-state index contributed by atoms with van der Waals surface area (Å²) in [5, 5.41) is 6.48. The number of urea groups is 1. The summed E-state index contributed by atoms with van der Waals surface area (Å²) in [6.45, 7) is 4.58. The molecule has 1 aliphatic carbocycles. The fourth-order valence-electron chi connectivity index (χ4n) is 3.65. The van der Waals surface area contributed by atoms with Crippen molar-refractivity contribution in [2.45, 2.75) is 38.6 Å². The molecule has 2 aromatic heterocycles. The van der Waals surface area contributed by atoms with Crippen LogP contribution in [-0.2, 0) is 19.4 Å². The van der Waals surface area contributed by atoms with E-state index in [9.17, 15) is 4.79 Å². The number of thiazole rings is 1. The Kier molecular flexibility index (Phi) is 6.07. The predicted octanol–water partition coefficient (Wildman–Crippen LogP) is 2.88. The molecule has 1 aliphatic heterocycles. The van der Waals surface area contributed by atoms with Crippen LogP contribution in [0.2, 0.25) is 0 Å². The van der Waals surface area contributed by atoms with Crippen LogP contribution in [0.5, 0.6) is 0 Å². The van der Waals surface area contributed by atoms with Gasteiger partial charge in [-0.25, -0.2) is 14.8 Å². The van der Waals surface area contributed by atoms with E-state index in [2.05, 4.69) is 37.4 Å². The SMILES string of the molecule is CN1CCN(c2ccc(CNC(=O)Nc3nc4c(s3)CCCCC4)cn2)CC1. The van der Waals surface area contributed by atoms with Gasteiger partial charge < -0.3 is 15.1 Å². The topological polar surface area (TPSA) is 73.4 Å². The molecule has 150 valence electrons. The standard InChI is InChI=1S/C20H28N6OS/c1-25-9-11-26(12-10-25)18-8-7-15(13-21-18)14-22-19(27)24-20-23-16-5-3-2-4-6-17(16)28-20/h7-8,13H,2-6,9-12,14H2,1H3,(H2,22,23,24,27). The van der Waals surface area contributed by atoms with Crippen molar-refractivity contribution < 1.29 is 4.79 Å². The van der Waals surface area contributed by atoms with Gasteiger partial charge in [-0.15, -0.1) is 11.3 Å². The van der Waals surface area contributed by atoms with Gasteiger partial charge in [-0.05, 0) is 44.4 Å². The minimum absolute atomic E-state index is 0.216. The van der Waals surface area contributed by atoms with Crippen LogP contribution >= 0.6 is 11.3 Å². The third-order valence-electron chi connectivity index (χ3n) is 5.41. The molecule has 1 fully saturated rings. The molecule has 0 atom stereocenters. The molecule has 8 heteroatoms. The molecule has 28 heavy (non-hydrogen) atoms. The van der Waals surface area contributed by atoms with E-state index < -0.39 is 0 Å². The van der Waals surface area contributed by atoms with Gasteiger partial charge in [-0.1, -0.05) is 12.5 Å². The zero-order valence-electron chi connectivity index (χ0n) is 16.4. The summed E-state index contributed by atoms with van der Waals surface area (Å²) < 4.78 is 0. The number of hydrogen-bond donors (Lipinski definition) is 2. The summed E-state index contributed by atoms with van der Waals surface area (Å²) in [4.78, 5) is 27.3. The summed E-state index contributed by atoms with van der Waals surface area (Å²) in [5.74, 6) is 1.01. The van der Waals surface area contributed by atoms with Crippen molar-refractivity contribution in [2.24, 2.45) is 0 Å². The number of anilines is 2. The molecule has 2 N–H and O–H groups in total. The van der Waals surface area contributed by atoms with E-state index in [0.29, 0.717) is 11.7 Å². The van der Waals surface area contributed by atoms with E-state index in [1.807, 2.05) is 18.3 Å². The van der Waals surface area contributed by atoms with Gasteiger partial charge in [0.15, 0.2) is 5.13 Å². The largest absolute Gasteiger partial charge is 0.354 e. The first-order valence-corrected chi connectivity index (χ1v) is 10.9. The first-order chi connectivity index (χ1) is 13.7. The lowest BCUT2D eigenvalue weighted by atomic mass is 10.2. The van der Waals surface area contributed by atoms with Gasteiger partial charge >= 0.3 is 6.03 Å². The molecule has 0 unspecified atom stereocenters. The number of piperazine rings is 1. The van der Waals surface area contributed by atoms with Crippen LogP contribution < -0.4 is 15.5 Å². The zero-order valence-corrected chi connectivity index (χ0v) is 17.2. The molecule has 2 aromatic rings. The number of aryl methyl sites for hydroxylation is 2. The molecule has 0 bridgehead atoms. The molecule has 3 heterocycles. The van der Waals surface area contributed by atoms with Gasteiger partial charge in [0.1, 0.15) is 5.82 Å². The maximum atomic E-state index is 12.2. The van der Waals surface area contributed by atoms with Crippen molar-refractivity contribution in [1.82, 2.24) is 20.2 Å². The first-order valence-electron chi connectivity index (χ1n) is 10.1. The fraction of sp³-hybridized carbons (Fsp3) is 0.550. The van der Waals surface area contributed by atoms with E-state index >= 15 is 0 Å². The van der Waals surface area contributed by atoms with Gasteiger partial charge in [0.25, 0.3) is 0 Å². The highest BCUT2D eigenvalue weighted by Gasteiger charge is 2.16. The lowest BCUT2D eigenvalue weighted by Gasteiger charge is -2.33. The highest BCUT2D eigenvalue weighted by Crippen LogP contribution is 2.28. The summed E-state index contributed by atoms with van der Waals surface area (Å²) in [7, 11) is 2.15. The van der Waals surface area contributed by atoms with Gasteiger partial charge in [0.2, 0.25) is 0 Å². The van der Waals surface area contributed by atoms with Crippen LogP contribution in [0.1, 0.15) is 35.4 Å². The molecule has 4 rings (SSSR count). The number of amides is 2. The minimum atomic E-state index is -0.216. The van der Waals surface area contributed by atoms with Crippen molar-refractivity contribution in [3.8, 4) is 0 Å². The molecule has 2 amide bonds. The normalized spacial score (nSPS) is 17.7. The predicted molar refractivity (Wildman–Crippen MR) is 113 cm³/mol. The van der Waals surface area contributed by atoms with E-state index in [0.717, 1.165) is 50.4 Å². The third-order valence-corrected chi connectivity index (χ3v) is 6.48. The molecule has 2 aliphatic rings. The second kappa shape index (κ2) is 8.87. The number of nitrogens with zero attached hydrogens (tertiary/aromatic N) is 4. The van der Waals surface area contributed by atoms with Gasteiger partial charge in [-0.2, -0.15) is 0 Å². The Hall–Kier alpha value is -2.19. The molecular formula is C20H28N6OS. The summed E-state index contributed by atoms with van der Waals surface area (Å²) in [6.07, 6.45) is 7.65. The summed E-state index contributed by atoms with van der Waals surface area (Å²) >= 11 is 1.61. The monoisotopic (exact) mass is 400 g/mol. The molecule has 0 saturated carbocycles. The number of carbonyl (C=O) groups excluding carboxylic acids is 1. The Balaban J connectivity index is 1.26. The Bertz CT molecular complexity index is 774. The molecule has 7 nitrogen and oxygen atoms in total. The zero-order chi connectivity index (χ0) is 19.3. The van der Waals surface area contributed by atoms with E-state index in [-0.39, 0.29) is 6.03 Å². The van der Waals surface area contributed by atoms with E-state index in [1.165, 1.54) is 29.8 Å². The molecule has 0 aromatic carbocycles. The van der Waals surface area contributed by atoms with Crippen LogP contribution in [-0.4, -0.2) is 54.1 Å². The lowest BCUT2D eigenvalue weighted by molar-refractivity contribution is 0.251. The average molecular weight is 401 g/mol. The minimum Gasteiger partial charge on any atom is -0.354 e. The number of nitrogens with one attached hydrogen (secondary N) is 2. The maximum Gasteiger partial charge on any atom is 0.321 e.